The van der Waals surface area contributed by atoms with Crippen molar-refractivity contribution < 1.29 is 12.6 Å². The third-order valence-electron chi connectivity index (χ3n) is 2.94. The van der Waals surface area contributed by atoms with E-state index in [1.54, 1.807) is 26.0 Å². The van der Waals surface area contributed by atoms with Gasteiger partial charge in [0.05, 0.1) is 0 Å². The summed E-state index contributed by atoms with van der Waals surface area (Å²) in [6.07, 6.45) is 0. The molecule has 0 aliphatic rings. The van der Waals surface area contributed by atoms with Crippen LogP contribution in [-0.4, -0.2) is 25.8 Å². The summed E-state index contributed by atoms with van der Waals surface area (Å²) in [6, 6.07) is 13.0. The molecule has 2 aromatic rings. The summed E-state index contributed by atoms with van der Waals surface area (Å²) in [7, 11) is -3.71. The summed E-state index contributed by atoms with van der Waals surface area (Å²) in [5, 5.41) is 2.00. The maximum absolute atomic E-state index is 12.0. The molecule has 4 nitrogen and oxygen atoms in total. The van der Waals surface area contributed by atoms with Gasteiger partial charge in [0.15, 0.2) is 0 Å². The lowest BCUT2D eigenvalue weighted by Gasteiger charge is -2.18. The average molecular weight is 279 g/mol. The first-order valence-corrected chi connectivity index (χ1v) is 7.61. The highest BCUT2D eigenvalue weighted by Crippen LogP contribution is 2.22. The second-order valence-corrected chi connectivity index (χ2v) is 5.67. The molecule has 0 aliphatic heterocycles. The van der Waals surface area contributed by atoms with Crippen molar-refractivity contribution in [1.82, 2.24) is 4.31 Å². The molecule has 0 saturated heterocycles. The molecule has 0 N–H and O–H groups in total. The predicted octanol–water partition coefficient (Wildman–Crippen LogP) is 2.81. The van der Waals surface area contributed by atoms with Gasteiger partial charge in [-0.2, -0.15) is 12.7 Å². The molecule has 0 bridgehead atoms. The predicted molar refractivity (Wildman–Crippen MR) is 76.4 cm³/mol. The standard InChI is InChI=1S/C14H17NO3S/c1-3-15(4-2)19(16,17)18-14-10-9-12-7-5-6-8-13(12)11-14/h5-11H,3-4H2,1-2H3. The molecule has 19 heavy (non-hydrogen) atoms. The molecule has 5 heteroatoms. The van der Waals surface area contributed by atoms with Crippen LogP contribution in [0.25, 0.3) is 10.8 Å². The Labute approximate surface area is 113 Å². The second kappa shape index (κ2) is 5.59. The molecule has 0 aliphatic carbocycles. The molecule has 0 atom stereocenters. The summed E-state index contributed by atoms with van der Waals surface area (Å²) in [5.74, 6) is 0.339. The summed E-state index contributed by atoms with van der Waals surface area (Å²) >= 11 is 0. The van der Waals surface area contributed by atoms with E-state index in [0.29, 0.717) is 18.8 Å². The first-order chi connectivity index (χ1) is 9.06. The molecule has 2 rings (SSSR count). The molecule has 0 fully saturated rings. The molecule has 0 amide bonds. The quantitative estimate of drug-likeness (QED) is 0.845. The number of nitrogens with zero attached hydrogens (tertiary/aromatic N) is 1. The van der Waals surface area contributed by atoms with Gasteiger partial charge in [0.25, 0.3) is 0 Å². The van der Waals surface area contributed by atoms with Crippen molar-refractivity contribution in [3.05, 3.63) is 42.5 Å². The number of benzene rings is 2. The summed E-state index contributed by atoms with van der Waals surface area (Å²) in [4.78, 5) is 0. The highest BCUT2D eigenvalue weighted by molar-refractivity contribution is 7.84. The number of fused-ring (bicyclic) bond motifs is 1. The van der Waals surface area contributed by atoms with Crippen molar-refractivity contribution in [2.45, 2.75) is 13.8 Å². The van der Waals surface area contributed by atoms with Gasteiger partial charge in [0, 0.05) is 13.1 Å². The number of rotatable bonds is 5. The first kappa shape index (κ1) is 13.8. The second-order valence-electron chi connectivity index (χ2n) is 4.13. The van der Waals surface area contributed by atoms with E-state index in [2.05, 4.69) is 0 Å². The van der Waals surface area contributed by atoms with E-state index in [1.807, 2.05) is 30.3 Å². The molecule has 0 aromatic heterocycles. The van der Waals surface area contributed by atoms with E-state index in [1.165, 1.54) is 4.31 Å². The molecule has 0 unspecified atom stereocenters. The Bertz CT molecular complexity index is 663. The Kier molecular flexibility index (Phi) is 4.07. The SMILES string of the molecule is CCN(CC)S(=O)(=O)Oc1ccc2ccccc2c1. The van der Waals surface area contributed by atoms with Gasteiger partial charge < -0.3 is 4.18 Å². The Morgan fingerprint density at radius 1 is 1.00 bits per heavy atom. The van der Waals surface area contributed by atoms with Gasteiger partial charge in [-0.25, -0.2) is 0 Å². The highest BCUT2D eigenvalue weighted by Gasteiger charge is 2.20. The van der Waals surface area contributed by atoms with Crippen molar-refractivity contribution in [3.63, 3.8) is 0 Å². The fraction of sp³-hybridized carbons (Fsp3) is 0.286. The van der Waals surface area contributed by atoms with E-state index in [4.69, 9.17) is 4.18 Å². The lowest BCUT2D eigenvalue weighted by atomic mass is 10.1. The van der Waals surface area contributed by atoms with Crippen LogP contribution in [-0.2, 0) is 10.3 Å². The number of hydrogen-bond donors (Lipinski definition) is 0. The lowest BCUT2D eigenvalue weighted by Crippen LogP contribution is -2.34. The minimum atomic E-state index is -3.71. The molecular weight excluding hydrogens is 262 g/mol. The van der Waals surface area contributed by atoms with Crippen LogP contribution < -0.4 is 4.18 Å². The van der Waals surface area contributed by atoms with E-state index < -0.39 is 10.3 Å². The molecule has 0 radical (unpaired) electrons. The molecular formula is C14H17NO3S. The Morgan fingerprint density at radius 3 is 2.26 bits per heavy atom. The van der Waals surface area contributed by atoms with Crippen LogP contribution in [0.15, 0.2) is 42.5 Å². The van der Waals surface area contributed by atoms with Gasteiger partial charge in [0.1, 0.15) is 5.75 Å². The summed E-state index contributed by atoms with van der Waals surface area (Å²) in [5.41, 5.74) is 0. The smallest absolute Gasteiger partial charge is 0.371 e. The lowest BCUT2D eigenvalue weighted by molar-refractivity contribution is 0.376. The van der Waals surface area contributed by atoms with Crippen LogP contribution in [0.5, 0.6) is 5.75 Å². The fourth-order valence-corrected chi connectivity index (χ4v) is 3.02. The monoisotopic (exact) mass is 279 g/mol. The van der Waals surface area contributed by atoms with Crippen molar-refractivity contribution in [1.29, 1.82) is 0 Å². The molecule has 0 spiro atoms. The van der Waals surface area contributed by atoms with Gasteiger partial charge in [0.2, 0.25) is 0 Å². The van der Waals surface area contributed by atoms with E-state index in [0.717, 1.165) is 10.8 Å². The molecule has 102 valence electrons. The normalized spacial score (nSPS) is 11.9. The third kappa shape index (κ3) is 3.05. The maximum Gasteiger partial charge on any atom is 0.385 e. The van der Waals surface area contributed by atoms with Gasteiger partial charge >= 0.3 is 10.3 Å². The van der Waals surface area contributed by atoms with Crippen LogP contribution in [0, 0.1) is 0 Å². The van der Waals surface area contributed by atoms with Crippen LogP contribution in [0.2, 0.25) is 0 Å². The van der Waals surface area contributed by atoms with Crippen molar-refractivity contribution in [2.24, 2.45) is 0 Å². The van der Waals surface area contributed by atoms with Crippen LogP contribution >= 0.6 is 0 Å². The summed E-state index contributed by atoms with van der Waals surface area (Å²) < 4.78 is 30.4. The topological polar surface area (TPSA) is 46.6 Å². The van der Waals surface area contributed by atoms with E-state index >= 15 is 0 Å². The summed E-state index contributed by atoms with van der Waals surface area (Å²) in [6.45, 7) is 4.36. The Balaban J connectivity index is 2.31. The molecule has 0 saturated carbocycles. The minimum Gasteiger partial charge on any atom is -0.371 e. The average Bonchev–Trinajstić information content (AvgIpc) is 2.39. The molecule has 0 heterocycles. The van der Waals surface area contributed by atoms with Crippen LogP contribution in [0.1, 0.15) is 13.8 Å². The number of hydrogen-bond acceptors (Lipinski definition) is 3. The van der Waals surface area contributed by atoms with Gasteiger partial charge in [-0.15, -0.1) is 0 Å². The first-order valence-electron chi connectivity index (χ1n) is 6.25. The Morgan fingerprint density at radius 2 is 1.63 bits per heavy atom. The van der Waals surface area contributed by atoms with Crippen LogP contribution in [0.4, 0.5) is 0 Å². The third-order valence-corrected chi connectivity index (χ3v) is 4.50. The highest BCUT2D eigenvalue weighted by atomic mass is 32.2. The van der Waals surface area contributed by atoms with Gasteiger partial charge in [-0.05, 0) is 22.9 Å². The van der Waals surface area contributed by atoms with E-state index in [-0.39, 0.29) is 0 Å². The maximum atomic E-state index is 12.0. The van der Waals surface area contributed by atoms with Crippen molar-refractivity contribution >= 4 is 21.1 Å². The molecule has 2 aromatic carbocycles. The van der Waals surface area contributed by atoms with Crippen LogP contribution in [0.3, 0.4) is 0 Å². The zero-order valence-corrected chi connectivity index (χ0v) is 11.9. The largest absolute Gasteiger partial charge is 0.385 e. The van der Waals surface area contributed by atoms with Gasteiger partial charge in [-0.3, -0.25) is 0 Å². The van der Waals surface area contributed by atoms with Crippen molar-refractivity contribution in [3.8, 4) is 5.75 Å². The minimum absolute atomic E-state index is 0.339. The zero-order chi connectivity index (χ0) is 13.9. The zero-order valence-electron chi connectivity index (χ0n) is 11.0. The van der Waals surface area contributed by atoms with E-state index in [9.17, 15) is 8.42 Å². The van der Waals surface area contributed by atoms with Crippen molar-refractivity contribution in [2.75, 3.05) is 13.1 Å². The Hall–Kier alpha value is -1.59. The fourth-order valence-electron chi connectivity index (χ4n) is 1.93. The van der Waals surface area contributed by atoms with Gasteiger partial charge in [-0.1, -0.05) is 44.2 Å².